The van der Waals surface area contributed by atoms with Gasteiger partial charge >= 0.3 is 5.97 Å². The number of methoxy groups -OCH3 is 2. The molecule has 0 saturated carbocycles. The van der Waals surface area contributed by atoms with Crippen molar-refractivity contribution in [3.63, 3.8) is 0 Å². The monoisotopic (exact) mass is 343 g/mol. The van der Waals surface area contributed by atoms with E-state index in [-0.39, 0.29) is 0 Å². The maximum atomic E-state index is 11.7. The average molecular weight is 344 g/mol. The van der Waals surface area contributed by atoms with Gasteiger partial charge in [0.2, 0.25) is 0 Å². The molecule has 0 spiro atoms. The van der Waals surface area contributed by atoms with Gasteiger partial charge in [-0.2, -0.15) is 0 Å². The van der Waals surface area contributed by atoms with Gasteiger partial charge in [0.15, 0.2) is 0 Å². The number of ether oxygens (including phenoxy) is 2. The van der Waals surface area contributed by atoms with Crippen LogP contribution in [0.2, 0.25) is 5.02 Å². The number of nitrogens with one attached hydrogen (secondary N) is 1. The Labute approximate surface area is 143 Å². The van der Waals surface area contributed by atoms with Gasteiger partial charge in [-0.25, -0.2) is 14.8 Å². The Kier molecular flexibility index (Phi) is 4.48. The van der Waals surface area contributed by atoms with E-state index < -0.39 is 5.97 Å². The molecule has 3 rings (SSSR count). The first-order chi connectivity index (χ1) is 11.6. The summed E-state index contributed by atoms with van der Waals surface area (Å²) >= 11 is 6.22. The molecule has 0 aliphatic carbocycles. The smallest absolute Gasteiger partial charge is 0.337 e. The molecule has 1 N–H and O–H groups in total. The van der Waals surface area contributed by atoms with E-state index in [2.05, 4.69) is 15.3 Å². The van der Waals surface area contributed by atoms with Crippen LogP contribution in [-0.4, -0.2) is 30.2 Å². The third-order valence-electron chi connectivity index (χ3n) is 3.48. The van der Waals surface area contributed by atoms with E-state index in [1.54, 1.807) is 25.3 Å². The average Bonchev–Trinajstić information content (AvgIpc) is 2.62. The molecule has 7 heteroatoms. The van der Waals surface area contributed by atoms with Crippen LogP contribution >= 0.6 is 11.6 Å². The molecule has 24 heavy (non-hydrogen) atoms. The molecule has 0 aliphatic rings. The number of esters is 1. The Hall–Kier alpha value is -2.86. The van der Waals surface area contributed by atoms with E-state index in [0.717, 1.165) is 10.9 Å². The van der Waals surface area contributed by atoms with Crippen molar-refractivity contribution in [2.75, 3.05) is 19.5 Å². The highest BCUT2D eigenvalue weighted by Gasteiger charge is 2.11. The second kappa shape index (κ2) is 6.72. The van der Waals surface area contributed by atoms with Gasteiger partial charge in [-0.05, 0) is 36.4 Å². The molecule has 0 amide bonds. The number of nitrogens with zero attached hydrogens (tertiary/aromatic N) is 2. The molecule has 2 aromatic carbocycles. The lowest BCUT2D eigenvalue weighted by Gasteiger charge is -2.11. The van der Waals surface area contributed by atoms with Crippen LogP contribution in [0.15, 0.2) is 42.7 Å². The van der Waals surface area contributed by atoms with Gasteiger partial charge in [0.1, 0.15) is 17.9 Å². The zero-order chi connectivity index (χ0) is 17.1. The molecule has 6 nitrogen and oxygen atoms in total. The van der Waals surface area contributed by atoms with Crippen LogP contribution in [0.3, 0.4) is 0 Å². The summed E-state index contributed by atoms with van der Waals surface area (Å²) in [6.07, 6.45) is 1.45. The van der Waals surface area contributed by atoms with Gasteiger partial charge in [-0.15, -0.1) is 0 Å². The second-order valence-corrected chi connectivity index (χ2v) is 5.32. The summed E-state index contributed by atoms with van der Waals surface area (Å²) < 4.78 is 9.98. The maximum absolute atomic E-state index is 11.7. The lowest BCUT2D eigenvalue weighted by atomic mass is 10.2. The van der Waals surface area contributed by atoms with Gasteiger partial charge < -0.3 is 14.8 Å². The van der Waals surface area contributed by atoms with Gasteiger partial charge in [0.25, 0.3) is 0 Å². The summed E-state index contributed by atoms with van der Waals surface area (Å²) in [7, 11) is 2.92. The first-order valence-corrected chi connectivity index (χ1v) is 7.44. The number of halogens is 1. The van der Waals surface area contributed by atoms with Crippen molar-refractivity contribution in [2.45, 2.75) is 0 Å². The molecular formula is C17H14ClN3O3. The molecule has 0 fully saturated rings. The molecule has 1 heterocycles. The highest BCUT2D eigenvalue weighted by atomic mass is 35.5. The number of fused-ring (bicyclic) bond motifs is 1. The Morgan fingerprint density at radius 2 is 1.96 bits per heavy atom. The number of aromatic nitrogens is 2. The van der Waals surface area contributed by atoms with Crippen molar-refractivity contribution < 1.29 is 14.3 Å². The first kappa shape index (κ1) is 16.0. The summed E-state index contributed by atoms with van der Waals surface area (Å²) in [5.74, 6) is 0.807. The molecule has 0 aliphatic heterocycles. The number of anilines is 2. The third kappa shape index (κ3) is 3.09. The zero-order valence-electron chi connectivity index (χ0n) is 13.0. The summed E-state index contributed by atoms with van der Waals surface area (Å²) in [6.45, 7) is 0. The number of rotatable bonds is 4. The maximum Gasteiger partial charge on any atom is 0.337 e. The van der Waals surface area contributed by atoms with Gasteiger partial charge in [0, 0.05) is 5.39 Å². The number of carbonyl (C=O) groups is 1. The Balaban J connectivity index is 2.05. The van der Waals surface area contributed by atoms with E-state index in [1.165, 1.54) is 13.4 Å². The van der Waals surface area contributed by atoms with Crippen molar-refractivity contribution in [2.24, 2.45) is 0 Å². The van der Waals surface area contributed by atoms with Gasteiger partial charge in [-0.1, -0.05) is 11.6 Å². The van der Waals surface area contributed by atoms with E-state index >= 15 is 0 Å². The van der Waals surface area contributed by atoms with E-state index in [9.17, 15) is 4.79 Å². The van der Waals surface area contributed by atoms with Crippen LogP contribution in [0.4, 0.5) is 11.5 Å². The highest BCUT2D eigenvalue weighted by Crippen LogP contribution is 2.30. The van der Waals surface area contributed by atoms with Gasteiger partial charge in [0.05, 0.1) is 36.0 Å². The molecule has 0 atom stereocenters. The summed E-state index contributed by atoms with van der Waals surface area (Å²) in [5.41, 5.74) is 1.69. The van der Waals surface area contributed by atoms with Crippen LogP contribution in [0.1, 0.15) is 10.4 Å². The largest absolute Gasteiger partial charge is 0.497 e. The van der Waals surface area contributed by atoms with Crippen molar-refractivity contribution in [3.8, 4) is 5.75 Å². The summed E-state index contributed by atoms with van der Waals surface area (Å²) in [6, 6.07) is 10.3. The zero-order valence-corrected chi connectivity index (χ0v) is 13.8. The summed E-state index contributed by atoms with van der Waals surface area (Å²) in [5, 5.41) is 4.37. The third-order valence-corrected chi connectivity index (χ3v) is 3.81. The van der Waals surface area contributed by atoms with Gasteiger partial charge in [-0.3, -0.25) is 0 Å². The predicted molar refractivity (Wildman–Crippen MR) is 92.2 cm³/mol. The number of hydrogen-bond donors (Lipinski definition) is 1. The number of carbonyl (C=O) groups excluding carboxylic acids is 1. The van der Waals surface area contributed by atoms with Crippen LogP contribution in [0, 0.1) is 0 Å². The molecule has 0 unspecified atom stereocenters. The SMILES string of the molecule is COC(=O)c1ccc(Cl)c(Nc2ncnc3ccc(OC)cc23)c1. The highest BCUT2D eigenvalue weighted by molar-refractivity contribution is 6.33. The Morgan fingerprint density at radius 3 is 2.71 bits per heavy atom. The lowest BCUT2D eigenvalue weighted by molar-refractivity contribution is 0.0601. The number of hydrogen-bond acceptors (Lipinski definition) is 6. The molecule has 0 bridgehead atoms. The van der Waals surface area contributed by atoms with Crippen molar-refractivity contribution in [1.82, 2.24) is 9.97 Å². The molecular weight excluding hydrogens is 330 g/mol. The van der Waals surface area contributed by atoms with E-state index in [0.29, 0.717) is 27.8 Å². The van der Waals surface area contributed by atoms with Crippen molar-refractivity contribution in [3.05, 3.63) is 53.3 Å². The molecule has 3 aromatic rings. The minimum atomic E-state index is -0.441. The molecule has 0 radical (unpaired) electrons. The van der Waals surface area contributed by atoms with Crippen molar-refractivity contribution in [1.29, 1.82) is 0 Å². The fraction of sp³-hybridized carbons (Fsp3) is 0.118. The predicted octanol–water partition coefficient (Wildman–Crippen LogP) is 3.82. The Bertz CT molecular complexity index is 915. The minimum absolute atomic E-state index is 0.389. The van der Waals surface area contributed by atoms with Crippen LogP contribution in [0.5, 0.6) is 5.75 Å². The lowest BCUT2D eigenvalue weighted by Crippen LogP contribution is -2.03. The fourth-order valence-corrected chi connectivity index (χ4v) is 2.42. The molecule has 0 saturated heterocycles. The molecule has 1 aromatic heterocycles. The fourth-order valence-electron chi connectivity index (χ4n) is 2.26. The van der Waals surface area contributed by atoms with Crippen molar-refractivity contribution >= 4 is 40.0 Å². The first-order valence-electron chi connectivity index (χ1n) is 7.06. The minimum Gasteiger partial charge on any atom is -0.497 e. The summed E-state index contributed by atoms with van der Waals surface area (Å²) in [4.78, 5) is 20.2. The number of benzene rings is 2. The standard InChI is InChI=1S/C17H14ClN3O3/c1-23-11-4-6-14-12(8-11)16(20-9-19-14)21-15-7-10(17(22)24-2)3-5-13(15)18/h3-9H,1-2H3,(H,19,20,21). The van der Waals surface area contributed by atoms with Crippen LogP contribution < -0.4 is 10.1 Å². The van der Waals surface area contributed by atoms with E-state index in [4.69, 9.17) is 21.1 Å². The van der Waals surface area contributed by atoms with Crippen LogP contribution in [-0.2, 0) is 4.74 Å². The van der Waals surface area contributed by atoms with E-state index in [1.807, 2.05) is 18.2 Å². The Morgan fingerprint density at radius 1 is 1.12 bits per heavy atom. The molecule has 122 valence electrons. The topological polar surface area (TPSA) is 73.3 Å². The van der Waals surface area contributed by atoms with Crippen LogP contribution in [0.25, 0.3) is 10.9 Å². The quantitative estimate of drug-likeness (QED) is 0.726. The second-order valence-electron chi connectivity index (χ2n) is 4.92. The normalized spacial score (nSPS) is 10.5.